The van der Waals surface area contributed by atoms with Gasteiger partial charge in [-0.15, -0.1) is 0 Å². The maximum Gasteiger partial charge on any atom is 0.333 e. The molecule has 0 heterocycles. The molecule has 6 aliphatic rings. The van der Waals surface area contributed by atoms with Gasteiger partial charge in [0.05, 0.1) is 0 Å². The average Bonchev–Trinajstić information content (AvgIpc) is 3.47. The summed E-state index contributed by atoms with van der Waals surface area (Å²) < 4.78 is 11.1. The van der Waals surface area contributed by atoms with Crippen LogP contribution in [-0.4, -0.2) is 23.6 Å². The van der Waals surface area contributed by atoms with Crippen molar-refractivity contribution in [3.05, 3.63) is 12.2 Å². The lowest BCUT2D eigenvalue weighted by molar-refractivity contribution is -0.165. The number of carbonyl (C=O) groups is 2. The van der Waals surface area contributed by atoms with E-state index < -0.39 is 0 Å². The highest BCUT2D eigenvalue weighted by Gasteiger charge is 2.66. The lowest BCUT2D eigenvalue weighted by atomic mass is 9.66. The van der Waals surface area contributed by atoms with Crippen molar-refractivity contribution in [1.82, 2.24) is 0 Å². The Morgan fingerprint density at radius 2 is 1.57 bits per heavy atom. The number of fused-ring (bicyclic) bond motifs is 11. The van der Waals surface area contributed by atoms with Crippen molar-refractivity contribution in [3.63, 3.8) is 0 Å². The lowest BCUT2D eigenvalue weighted by Gasteiger charge is -2.43. The summed E-state index contributed by atoms with van der Waals surface area (Å²) in [4.78, 5) is 22.6. The zero-order valence-electron chi connectivity index (χ0n) is 18.9. The summed E-state index contributed by atoms with van der Waals surface area (Å²) in [6, 6.07) is 0. The van der Waals surface area contributed by atoms with E-state index in [9.17, 15) is 9.59 Å². The molecule has 10 atom stereocenters. The second-order valence-electron chi connectivity index (χ2n) is 11.6. The van der Waals surface area contributed by atoms with Crippen LogP contribution in [0.2, 0.25) is 0 Å². The second kappa shape index (κ2) is 7.38. The first-order chi connectivity index (χ1) is 14.2. The van der Waals surface area contributed by atoms with Gasteiger partial charge < -0.3 is 9.47 Å². The van der Waals surface area contributed by atoms with Crippen molar-refractivity contribution in [2.75, 3.05) is 0 Å². The van der Waals surface area contributed by atoms with E-state index in [-0.39, 0.29) is 23.6 Å². The Kier molecular flexibility index (Phi) is 5.06. The molecule has 166 valence electrons. The topological polar surface area (TPSA) is 52.6 Å². The van der Waals surface area contributed by atoms with E-state index in [1.807, 2.05) is 0 Å². The summed E-state index contributed by atoms with van der Waals surface area (Å²) in [5, 5.41) is 0. The van der Waals surface area contributed by atoms with Crippen LogP contribution >= 0.6 is 0 Å². The molecule has 0 aromatic heterocycles. The van der Waals surface area contributed by atoms with E-state index in [4.69, 9.17) is 9.47 Å². The number of esters is 2. The summed E-state index contributed by atoms with van der Waals surface area (Å²) >= 11 is 0. The van der Waals surface area contributed by atoms with Gasteiger partial charge in [-0.3, -0.25) is 4.79 Å². The fourth-order valence-electron chi connectivity index (χ4n) is 8.88. The number of hydrogen-bond acceptors (Lipinski definition) is 4. The summed E-state index contributed by atoms with van der Waals surface area (Å²) in [7, 11) is 0. The number of rotatable bonds is 3. The average molecular weight is 415 g/mol. The monoisotopic (exact) mass is 414 g/mol. The zero-order chi connectivity index (χ0) is 21.2. The van der Waals surface area contributed by atoms with Crippen molar-refractivity contribution in [2.24, 2.45) is 47.3 Å². The van der Waals surface area contributed by atoms with Crippen LogP contribution in [0.4, 0.5) is 0 Å². The molecular formula is C26H38O4. The molecule has 30 heavy (non-hydrogen) atoms. The normalized spacial score (nSPS) is 48.8. The van der Waals surface area contributed by atoms with E-state index in [1.54, 1.807) is 13.8 Å². The third kappa shape index (κ3) is 3.33. The first-order valence-corrected chi connectivity index (χ1v) is 12.3. The molecule has 0 aliphatic heterocycles. The van der Waals surface area contributed by atoms with Crippen molar-refractivity contribution >= 4 is 11.9 Å². The Morgan fingerprint density at radius 1 is 0.867 bits per heavy atom. The van der Waals surface area contributed by atoms with Gasteiger partial charge in [0.15, 0.2) is 0 Å². The third-order valence-electron chi connectivity index (χ3n) is 9.72. The van der Waals surface area contributed by atoms with E-state index in [2.05, 4.69) is 13.5 Å². The molecule has 4 heteroatoms. The maximum absolute atomic E-state index is 11.3. The van der Waals surface area contributed by atoms with E-state index >= 15 is 0 Å². The van der Waals surface area contributed by atoms with Gasteiger partial charge in [-0.25, -0.2) is 4.79 Å². The second-order valence-corrected chi connectivity index (χ2v) is 11.6. The van der Waals surface area contributed by atoms with E-state index in [0.29, 0.717) is 17.4 Å². The van der Waals surface area contributed by atoms with Crippen LogP contribution in [-0.2, 0) is 19.1 Å². The Bertz CT molecular complexity index is 743. The van der Waals surface area contributed by atoms with Gasteiger partial charge in [0, 0.05) is 18.4 Å². The molecule has 6 rings (SSSR count). The molecule has 4 nitrogen and oxygen atoms in total. The molecule has 0 radical (unpaired) electrons. The molecule has 6 saturated carbocycles. The molecule has 10 unspecified atom stereocenters. The highest BCUT2D eigenvalue weighted by molar-refractivity contribution is 5.87. The maximum atomic E-state index is 11.3. The summed E-state index contributed by atoms with van der Waals surface area (Å²) in [6.07, 6.45) is 12.0. The number of carbonyl (C=O) groups excluding carboxylic acids is 2. The first kappa shape index (κ1) is 20.6. The summed E-state index contributed by atoms with van der Waals surface area (Å²) in [5.41, 5.74) is 0.394. The molecule has 0 spiro atoms. The minimum absolute atomic E-state index is 0.0836. The third-order valence-corrected chi connectivity index (χ3v) is 9.72. The highest BCUT2D eigenvalue weighted by Crippen LogP contribution is 2.70. The molecule has 0 aromatic rings. The molecule has 6 fully saturated rings. The molecule has 0 N–H and O–H groups in total. The molecule has 6 aliphatic carbocycles. The van der Waals surface area contributed by atoms with Gasteiger partial charge in [0.1, 0.15) is 11.7 Å². The van der Waals surface area contributed by atoms with E-state index in [0.717, 1.165) is 48.3 Å². The molecule has 0 aromatic carbocycles. The molecule has 6 bridgehead atoms. The van der Waals surface area contributed by atoms with Gasteiger partial charge in [0.25, 0.3) is 0 Å². The van der Waals surface area contributed by atoms with Crippen LogP contribution < -0.4 is 0 Å². The Balaban J connectivity index is 0.000000134. The van der Waals surface area contributed by atoms with Crippen molar-refractivity contribution in [1.29, 1.82) is 0 Å². The van der Waals surface area contributed by atoms with Gasteiger partial charge >= 0.3 is 11.9 Å². The van der Waals surface area contributed by atoms with Crippen LogP contribution in [0.5, 0.6) is 0 Å². The van der Waals surface area contributed by atoms with Gasteiger partial charge in [-0.2, -0.15) is 0 Å². The predicted molar refractivity (Wildman–Crippen MR) is 114 cm³/mol. The fraction of sp³-hybridized carbons (Fsp3) is 0.846. The summed E-state index contributed by atoms with van der Waals surface area (Å²) in [6.45, 7) is 9.05. The Labute approximate surface area is 181 Å². The Hall–Kier alpha value is -1.32. The van der Waals surface area contributed by atoms with Crippen LogP contribution in [0.3, 0.4) is 0 Å². The number of hydrogen-bond donors (Lipinski definition) is 0. The molecule has 0 saturated heterocycles. The minimum atomic E-state index is -0.211. The smallest absolute Gasteiger partial charge is 0.333 e. The highest BCUT2D eigenvalue weighted by atomic mass is 16.6. The predicted octanol–water partition coefficient (Wildman–Crippen LogP) is 5.30. The molecule has 0 amide bonds. The van der Waals surface area contributed by atoms with Gasteiger partial charge in [-0.1, -0.05) is 6.58 Å². The zero-order valence-corrected chi connectivity index (χ0v) is 18.9. The standard InChI is InChI=1S/C15H22O2.C11H16O2/c1-8(16)17-15(2)7-11-6-12(15)14-10-4-3-9(5-10)13(11)14;1-7(2)11(12)13-10-6-8-3-4-9(10)5-8/h9-14H,3-7H2,1-2H3;8-10H,1,3-6H2,2H3. The number of ether oxygens (including phenoxy) is 2. The Morgan fingerprint density at radius 3 is 2.17 bits per heavy atom. The lowest BCUT2D eigenvalue weighted by Crippen LogP contribution is -2.45. The first-order valence-electron chi connectivity index (χ1n) is 12.3. The van der Waals surface area contributed by atoms with E-state index in [1.165, 1.54) is 44.9 Å². The van der Waals surface area contributed by atoms with Crippen molar-refractivity contribution < 1.29 is 19.1 Å². The van der Waals surface area contributed by atoms with Crippen LogP contribution in [0.25, 0.3) is 0 Å². The molecular weight excluding hydrogens is 376 g/mol. The van der Waals surface area contributed by atoms with Gasteiger partial charge in [-0.05, 0) is 113 Å². The van der Waals surface area contributed by atoms with Crippen molar-refractivity contribution in [3.8, 4) is 0 Å². The fourth-order valence-corrected chi connectivity index (χ4v) is 8.88. The van der Waals surface area contributed by atoms with Crippen LogP contribution in [0.15, 0.2) is 12.2 Å². The minimum Gasteiger partial charge on any atom is -0.459 e. The van der Waals surface area contributed by atoms with Crippen molar-refractivity contribution in [2.45, 2.75) is 90.3 Å². The van der Waals surface area contributed by atoms with Crippen LogP contribution in [0.1, 0.15) is 78.6 Å². The quantitative estimate of drug-likeness (QED) is 0.357. The van der Waals surface area contributed by atoms with Gasteiger partial charge in [0.2, 0.25) is 0 Å². The summed E-state index contributed by atoms with van der Waals surface area (Å²) in [5.74, 6) is 6.62. The SMILES string of the molecule is C=C(C)C(=O)OC1CC2CCC1C2.CC(=O)OC1(C)CC2CC1C1C3CCC(C3)C21. The largest absolute Gasteiger partial charge is 0.459 e. The van der Waals surface area contributed by atoms with Crippen LogP contribution in [0, 0.1) is 47.3 Å².